The van der Waals surface area contributed by atoms with E-state index in [1.54, 1.807) is 12.1 Å². The molecule has 2 N–H and O–H groups in total. The van der Waals surface area contributed by atoms with Gasteiger partial charge in [0.05, 0.1) is 4.92 Å². The van der Waals surface area contributed by atoms with Gasteiger partial charge in [-0.2, -0.15) is 5.10 Å². The maximum atomic E-state index is 12.3. The Kier molecular flexibility index (Phi) is 5.40. The van der Waals surface area contributed by atoms with Crippen LogP contribution in [-0.2, 0) is 6.42 Å². The molecule has 0 saturated heterocycles. The van der Waals surface area contributed by atoms with Crippen LogP contribution in [0.1, 0.15) is 33.2 Å². The zero-order valence-corrected chi connectivity index (χ0v) is 14.8. The summed E-state index contributed by atoms with van der Waals surface area (Å²) in [7, 11) is 0. The van der Waals surface area contributed by atoms with Crippen molar-refractivity contribution in [3.63, 3.8) is 0 Å². The van der Waals surface area contributed by atoms with Crippen molar-refractivity contribution in [3.05, 3.63) is 81.9 Å². The molecule has 0 aliphatic rings. The molecule has 0 aliphatic heterocycles. The minimum atomic E-state index is -0.688. The largest absolute Gasteiger partial charge is 0.295 e. The molecule has 0 atom stereocenters. The Hall–Kier alpha value is -4.08. The lowest BCUT2D eigenvalue weighted by atomic mass is 10.1. The molecular weight excluding hydrogens is 364 g/mol. The SMILES string of the molecule is CCc1ccc(C(=O)NNC(=O)c2ccc(-n3cncn3)c([N+](=O)[O-])c2)cc1. The molecule has 0 spiro atoms. The van der Waals surface area contributed by atoms with Crippen molar-refractivity contribution in [3.8, 4) is 5.69 Å². The number of benzene rings is 2. The highest BCUT2D eigenvalue weighted by Gasteiger charge is 2.19. The Morgan fingerprint density at radius 3 is 2.29 bits per heavy atom. The Labute approximate surface area is 159 Å². The minimum absolute atomic E-state index is 0.0113. The van der Waals surface area contributed by atoms with Gasteiger partial charge in [0, 0.05) is 17.2 Å². The molecule has 28 heavy (non-hydrogen) atoms. The lowest BCUT2D eigenvalue weighted by Gasteiger charge is -2.09. The van der Waals surface area contributed by atoms with E-state index in [1.165, 1.54) is 29.5 Å². The van der Waals surface area contributed by atoms with Crippen LogP contribution < -0.4 is 10.9 Å². The standard InChI is InChI=1S/C18H16N6O4/c1-2-12-3-5-13(6-4-12)17(25)21-22-18(26)14-7-8-15(16(9-14)24(27)28)23-11-19-10-20-23/h3-11H,2H2,1H3,(H,21,25)(H,22,26). The second kappa shape index (κ2) is 8.08. The van der Waals surface area contributed by atoms with Crippen LogP contribution in [0.2, 0.25) is 0 Å². The molecule has 142 valence electrons. The van der Waals surface area contributed by atoms with Crippen molar-refractivity contribution >= 4 is 17.5 Å². The minimum Gasteiger partial charge on any atom is -0.267 e. The second-order valence-corrected chi connectivity index (χ2v) is 5.76. The van der Waals surface area contributed by atoms with Gasteiger partial charge in [0.2, 0.25) is 0 Å². The van der Waals surface area contributed by atoms with Crippen molar-refractivity contribution in [1.82, 2.24) is 25.6 Å². The van der Waals surface area contributed by atoms with Crippen LogP contribution >= 0.6 is 0 Å². The van der Waals surface area contributed by atoms with Crippen molar-refractivity contribution in [2.75, 3.05) is 0 Å². The van der Waals surface area contributed by atoms with Crippen LogP contribution in [0.25, 0.3) is 5.69 Å². The number of aromatic nitrogens is 3. The Morgan fingerprint density at radius 1 is 1.07 bits per heavy atom. The van der Waals surface area contributed by atoms with Crippen LogP contribution in [0.3, 0.4) is 0 Å². The van der Waals surface area contributed by atoms with E-state index in [9.17, 15) is 19.7 Å². The number of hydrazine groups is 1. The summed E-state index contributed by atoms with van der Waals surface area (Å²) in [5.41, 5.74) is 5.86. The first kappa shape index (κ1) is 18.7. The quantitative estimate of drug-likeness (QED) is 0.512. The number of nitro groups is 1. The molecule has 3 rings (SSSR count). The summed E-state index contributed by atoms with van der Waals surface area (Å²) in [6.07, 6.45) is 3.40. The third-order valence-electron chi connectivity index (χ3n) is 4.01. The normalized spacial score (nSPS) is 10.3. The predicted molar refractivity (Wildman–Crippen MR) is 98.8 cm³/mol. The fraction of sp³-hybridized carbons (Fsp3) is 0.111. The zero-order valence-electron chi connectivity index (χ0n) is 14.8. The van der Waals surface area contributed by atoms with E-state index in [2.05, 4.69) is 20.9 Å². The molecule has 0 unspecified atom stereocenters. The highest BCUT2D eigenvalue weighted by molar-refractivity contribution is 5.99. The number of rotatable bonds is 5. The van der Waals surface area contributed by atoms with Crippen LogP contribution in [-0.4, -0.2) is 31.5 Å². The maximum absolute atomic E-state index is 12.3. The summed E-state index contributed by atoms with van der Waals surface area (Å²) in [6, 6.07) is 10.8. The van der Waals surface area contributed by atoms with Crippen molar-refractivity contribution in [2.45, 2.75) is 13.3 Å². The number of carbonyl (C=O) groups excluding carboxylic acids is 2. The van der Waals surface area contributed by atoms with Gasteiger partial charge in [-0.05, 0) is 36.2 Å². The van der Waals surface area contributed by atoms with E-state index < -0.39 is 16.7 Å². The van der Waals surface area contributed by atoms with Crippen molar-refractivity contribution in [1.29, 1.82) is 0 Å². The van der Waals surface area contributed by atoms with Crippen molar-refractivity contribution in [2.24, 2.45) is 0 Å². The maximum Gasteiger partial charge on any atom is 0.295 e. The van der Waals surface area contributed by atoms with Crippen molar-refractivity contribution < 1.29 is 14.5 Å². The average molecular weight is 380 g/mol. The van der Waals surface area contributed by atoms with E-state index in [-0.39, 0.29) is 16.9 Å². The molecule has 0 radical (unpaired) electrons. The average Bonchev–Trinajstić information content (AvgIpc) is 3.26. The first-order valence-electron chi connectivity index (χ1n) is 8.32. The number of carbonyl (C=O) groups is 2. The number of hydrogen-bond acceptors (Lipinski definition) is 6. The summed E-state index contributed by atoms with van der Waals surface area (Å²) in [4.78, 5) is 38.8. The second-order valence-electron chi connectivity index (χ2n) is 5.76. The number of hydrogen-bond donors (Lipinski definition) is 2. The molecule has 1 heterocycles. The first-order chi connectivity index (χ1) is 13.5. The molecule has 10 heteroatoms. The Bertz CT molecular complexity index is 1020. The summed E-state index contributed by atoms with van der Waals surface area (Å²) >= 11 is 0. The van der Waals surface area contributed by atoms with Gasteiger partial charge in [0.25, 0.3) is 17.5 Å². The summed E-state index contributed by atoms with van der Waals surface area (Å²) < 4.78 is 1.22. The van der Waals surface area contributed by atoms with Gasteiger partial charge >= 0.3 is 0 Å². The molecule has 2 aromatic carbocycles. The van der Waals surface area contributed by atoms with E-state index >= 15 is 0 Å². The van der Waals surface area contributed by atoms with Gasteiger partial charge < -0.3 is 0 Å². The first-order valence-corrected chi connectivity index (χ1v) is 8.32. The van der Waals surface area contributed by atoms with Gasteiger partial charge in [-0.15, -0.1) is 0 Å². The number of amides is 2. The predicted octanol–water partition coefficient (Wildman–Crippen LogP) is 1.81. The molecule has 2 amide bonds. The molecule has 0 saturated carbocycles. The van der Waals surface area contributed by atoms with E-state index in [4.69, 9.17) is 0 Å². The van der Waals surface area contributed by atoms with Gasteiger partial charge in [-0.25, -0.2) is 9.67 Å². The lowest BCUT2D eigenvalue weighted by Crippen LogP contribution is -2.41. The van der Waals surface area contributed by atoms with Gasteiger partial charge in [-0.1, -0.05) is 19.1 Å². The van der Waals surface area contributed by atoms with E-state index in [0.717, 1.165) is 18.1 Å². The van der Waals surface area contributed by atoms with Gasteiger partial charge in [0.1, 0.15) is 18.3 Å². The Balaban J connectivity index is 1.72. The summed E-state index contributed by atoms with van der Waals surface area (Å²) in [6.45, 7) is 2.00. The zero-order chi connectivity index (χ0) is 20.1. The molecule has 3 aromatic rings. The molecular formula is C18H16N6O4. The summed E-state index contributed by atoms with van der Waals surface area (Å²) in [5, 5.41) is 15.2. The number of nitro benzene ring substituents is 1. The van der Waals surface area contributed by atoms with E-state index in [0.29, 0.717) is 5.56 Å². The Morgan fingerprint density at radius 2 is 1.71 bits per heavy atom. The molecule has 0 fully saturated rings. The fourth-order valence-electron chi connectivity index (χ4n) is 2.49. The lowest BCUT2D eigenvalue weighted by molar-refractivity contribution is -0.384. The number of nitrogens with one attached hydrogen (secondary N) is 2. The highest BCUT2D eigenvalue weighted by Crippen LogP contribution is 2.23. The van der Waals surface area contributed by atoms with Crippen LogP contribution in [0.5, 0.6) is 0 Å². The highest BCUT2D eigenvalue weighted by atomic mass is 16.6. The van der Waals surface area contributed by atoms with Gasteiger partial charge in [-0.3, -0.25) is 30.6 Å². The summed E-state index contributed by atoms with van der Waals surface area (Å²) in [5.74, 6) is -1.18. The van der Waals surface area contributed by atoms with Gasteiger partial charge in [0.15, 0.2) is 0 Å². The third kappa shape index (κ3) is 4.01. The smallest absolute Gasteiger partial charge is 0.267 e. The number of nitrogens with zero attached hydrogens (tertiary/aromatic N) is 4. The number of aryl methyl sites for hydroxylation is 1. The molecule has 0 aliphatic carbocycles. The monoisotopic (exact) mass is 380 g/mol. The van der Waals surface area contributed by atoms with Crippen LogP contribution in [0.15, 0.2) is 55.1 Å². The van der Waals surface area contributed by atoms with E-state index in [1.807, 2.05) is 19.1 Å². The van der Waals surface area contributed by atoms with Crippen LogP contribution in [0.4, 0.5) is 5.69 Å². The topological polar surface area (TPSA) is 132 Å². The molecule has 0 bridgehead atoms. The van der Waals surface area contributed by atoms with Crippen LogP contribution in [0, 0.1) is 10.1 Å². The third-order valence-corrected chi connectivity index (χ3v) is 4.01. The molecule has 10 nitrogen and oxygen atoms in total. The molecule has 1 aromatic heterocycles. The fourth-order valence-corrected chi connectivity index (χ4v) is 2.49.